The van der Waals surface area contributed by atoms with E-state index in [1.807, 2.05) is 0 Å². The Hall–Kier alpha value is -1.67. The van der Waals surface area contributed by atoms with E-state index < -0.39 is 10.0 Å². The highest BCUT2D eigenvalue weighted by molar-refractivity contribution is 9.10. The third kappa shape index (κ3) is 6.91. The van der Waals surface area contributed by atoms with E-state index in [9.17, 15) is 13.2 Å². The molecule has 0 unspecified atom stereocenters. The normalized spacial score (nSPS) is 14.4. The van der Waals surface area contributed by atoms with E-state index in [4.69, 9.17) is 11.6 Å². The van der Waals surface area contributed by atoms with Gasteiger partial charge in [-0.25, -0.2) is 8.42 Å². The molecule has 0 saturated heterocycles. The van der Waals surface area contributed by atoms with Crippen LogP contribution in [0.1, 0.15) is 37.7 Å². The second kappa shape index (κ2) is 11.3. The topological polar surface area (TPSA) is 66.5 Å². The smallest absolute Gasteiger partial charge is 0.243 e. The fourth-order valence-electron chi connectivity index (χ4n) is 3.51. The fraction of sp³-hybridized carbons (Fsp3) is 0.348. The van der Waals surface area contributed by atoms with Gasteiger partial charge in [0.15, 0.2) is 0 Å². The minimum atomic E-state index is -3.89. The summed E-state index contributed by atoms with van der Waals surface area (Å²) in [5, 5.41) is 3.33. The third-order valence-corrected chi connectivity index (χ3v) is 7.93. The molecule has 1 amide bonds. The minimum Gasteiger partial charge on any atom is -0.355 e. The molecule has 1 aliphatic carbocycles. The van der Waals surface area contributed by atoms with Crippen molar-refractivity contribution in [3.63, 3.8) is 0 Å². The van der Waals surface area contributed by atoms with Crippen molar-refractivity contribution in [1.29, 1.82) is 0 Å². The van der Waals surface area contributed by atoms with E-state index in [1.165, 1.54) is 34.9 Å². The average molecular weight is 526 g/mol. The van der Waals surface area contributed by atoms with Gasteiger partial charge in [-0.15, -0.1) is 0 Å². The summed E-state index contributed by atoms with van der Waals surface area (Å²) in [5.41, 5.74) is 2.01. The second-order valence-corrected chi connectivity index (χ2v) is 10.8. The molecule has 5 nitrogen and oxygen atoms in total. The highest BCUT2D eigenvalue weighted by atomic mass is 79.9. The molecule has 1 aliphatic rings. The summed E-state index contributed by atoms with van der Waals surface area (Å²) in [4.78, 5) is 12.8. The van der Waals surface area contributed by atoms with Gasteiger partial charge >= 0.3 is 0 Å². The van der Waals surface area contributed by atoms with Gasteiger partial charge in [-0.1, -0.05) is 57.4 Å². The molecule has 0 aliphatic heterocycles. The molecule has 31 heavy (non-hydrogen) atoms. The Labute approximate surface area is 197 Å². The van der Waals surface area contributed by atoms with Crippen LogP contribution in [0.2, 0.25) is 5.02 Å². The number of allylic oxidation sites excluding steroid dienone is 1. The molecule has 3 rings (SSSR count). The molecule has 0 bridgehead atoms. The number of hydrogen-bond donors (Lipinski definition) is 1. The Kier molecular flexibility index (Phi) is 8.72. The number of halogens is 2. The Morgan fingerprint density at radius 3 is 2.52 bits per heavy atom. The lowest BCUT2D eigenvalue weighted by Crippen LogP contribution is -2.40. The van der Waals surface area contributed by atoms with Crippen LogP contribution in [-0.2, 0) is 21.4 Å². The van der Waals surface area contributed by atoms with Crippen molar-refractivity contribution >= 4 is 43.5 Å². The molecule has 1 N–H and O–H groups in total. The molecule has 0 fully saturated rings. The van der Waals surface area contributed by atoms with E-state index in [1.54, 1.807) is 36.4 Å². The maximum atomic E-state index is 13.3. The molecular formula is C23H26BrClN2O3S. The van der Waals surface area contributed by atoms with Gasteiger partial charge in [0, 0.05) is 22.6 Å². The van der Waals surface area contributed by atoms with Gasteiger partial charge in [0.05, 0.1) is 11.4 Å². The summed E-state index contributed by atoms with van der Waals surface area (Å²) in [7, 11) is -3.89. The molecular weight excluding hydrogens is 500 g/mol. The first kappa shape index (κ1) is 24.0. The van der Waals surface area contributed by atoms with Gasteiger partial charge in [0.25, 0.3) is 0 Å². The van der Waals surface area contributed by atoms with Crippen LogP contribution in [0, 0.1) is 0 Å². The van der Waals surface area contributed by atoms with Gasteiger partial charge in [-0.05, 0) is 68.0 Å². The number of nitrogens with zero attached hydrogens (tertiary/aromatic N) is 1. The van der Waals surface area contributed by atoms with Crippen LogP contribution in [0.25, 0.3) is 0 Å². The lowest BCUT2D eigenvalue weighted by atomic mass is 9.97. The van der Waals surface area contributed by atoms with E-state index in [0.717, 1.165) is 23.7 Å². The number of benzene rings is 2. The quantitative estimate of drug-likeness (QED) is 0.452. The molecule has 0 spiro atoms. The van der Waals surface area contributed by atoms with Crippen molar-refractivity contribution in [3.8, 4) is 0 Å². The van der Waals surface area contributed by atoms with Crippen molar-refractivity contribution < 1.29 is 13.2 Å². The Morgan fingerprint density at radius 1 is 1.10 bits per heavy atom. The number of carbonyl (C=O) groups excluding carboxylic acids is 1. The summed E-state index contributed by atoms with van der Waals surface area (Å²) < 4.78 is 28.5. The largest absolute Gasteiger partial charge is 0.355 e. The van der Waals surface area contributed by atoms with Crippen molar-refractivity contribution in [3.05, 3.63) is 75.2 Å². The van der Waals surface area contributed by atoms with E-state index in [-0.39, 0.29) is 23.9 Å². The summed E-state index contributed by atoms with van der Waals surface area (Å²) in [6, 6.07) is 13.4. The van der Waals surface area contributed by atoms with Crippen molar-refractivity contribution in [1.82, 2.24) is 9.62 Å². The molecule has 0 radical (unpaired) electrons. The molecule has 0 heterocycles. The van der Waals surface area contributed by atoms with Gasteiger partial charge < -0.3 is 5.32 Å². The first-order valence-corrected chi connectivity index (χ1v) is 12.9. The van der Waals surface area contributed by atoms with Crippen LogP contribution in [0.15, 0.2) is 69.5 Å². The van der Waals surface area contributed by atoms with Crippen LogP contribution in [0.5, 0.6) is 0 Å². The monoisotopic (exact) mass is 524 g/mol. The number of rotatable bonds is 9. The number of amides is 1. The Bertz CT molecular complexity index is 1040. The van der Waals surface area contributed by atoms with E-state index >= 15 is 0 Å². The first-order chi connectivity index (χ1) is 14.9. The molecule has 2 aromatic carbocycles. The Balaban J connectivity index is 1.73. The first-order valence-electron chi connectivity index (χ1n) is 10.3. The van der Waals surface area contributed by atoms with Gasteiger partial charge in [-0.3, -0.25) is 4.79 Å². The molecule has 2 aromatic rings. The predicted molar refractivity (Wildman–Crippen MR) is 127 cm³/mol. The Morgan fingerprint density at radius 2 is 1.84 bits per heavy atom. The standard InChI is InChI=1S/C23H26BrClN2O3S/c24-20-10-12-21(13-11-20)31(29,30)27(16-19-8-4-5-9-22(19)25)17-23(28)26-15-14-18-6-2-1-3-7-18/h4-6,8-13H,1-3,7,14-17H2,(H,26,28). The zero-order valence-electron chi connectivity index (χ0n) is 17.2. The van der Waals surface area contributed by atoms with Crippen LogP contribution >= 0.6 is 27.5 Å². The number of sulfonamides is 1. The van der Waals surface area contributed by atoms with Crippen molar-refractivity contribution in [2.75, 3.05) is 13.1 Å². The van der Waals surface area contributed by atoms with E-state index in [2.05, 4.69) is 27.3 Å². The fourth-order valence-corrected chi connectivity index (χ4v) is 5.34. The van der Waals surface area contributed by atoms with E-state index in [0.29, 0.717) is 17.1 Å². The maximum absolute atomic E-state index is 13.3. The predicted octanol–water partition coefficient (Wildman–Crippen LogP) is 5.30. The van der Waals surface area contributed by atoms with Gasteiger partial charge in [-0.2, -0.15) is 4.31 Å². The molecule has 0 saturated carbocycles. The molecule has 8 heteroatoms. The van der Waals surface area contributed by atoms with Crippen LogP contribution < -0.4 is 5.32 Å². The molecule has 166 valence electrons. The second-order valence-electron chi connectivity index (χ2n) is 7.53. The third-order valence-electron chi connectivity index (χ3n) is 5.23. The zero-order chi connectivity index (χ0) is 22.3. The van der Waals surface area contributed by atoms with Crippen LogP contribution in [-0.4, -0.2) is 31.7 Å². The number of carbonyl (C=O) groups is 1. The summed E-state index contributed by atoms with van der Waals surface area (Å²) >= 11 is 9.58. The molecule has 0 aromatic heterocycles. The van der Waals surface area contributed by atoms with Crippen LogP contribution in [0.4, 0.5) is 0 Å². The SMILES string of the molecule is O=C(CN(Cc1ccccc1Cl)S(=O)(=O)c1ccc(Br)cc1)NCCC1=CCCCC1. The highest BCUT2D eigenvalue weighted by Gasteiger charge is 2.27. The number of hydrogen-bond acceptors (Lipinski definition) is 3. The lowest BCUT2D eigenvalue weighted by molar-refractivity contribution is -0.121. The van der Waals surface area contributed by atoms with Crippen molar-refractivity contribution in [2.24, 2.45) is 0 Å². The summed E-state index contributed by atoms with van der Waals surface area (Å²) in [6.07, 6.45) is 7.64. The van der Waals surface area contributed by atoms with Crippen LogP contribution in [0.3, 0.4) is 0 Å². The molecule has 0 atom stereocenters. The minimum absolute atomic E-state index is 0.0106. The zero-order valence-corrected chi connectivity index (χ0v) is 20.3. The van der Waals surface area contributed by atoms with Gasteiger partial charge in [0.2, 0.25) is 15.9 Å². The maximum Gasteiger partial charge on any atom is 0.243 e. The number of nitrogens with one attached hydrogen (secondary N) is 1. The average Bonchev–Trinajstić information content (AvgIpc) is 2.76. The lowest BCUT2D eigenvalue weighted by Gasteiger charge is -2.22. The summed E-state index contributed by atoms with van der Waals surface area (Å²) in [5.74, 6) is -0.329. The van der Waals surface area contributed by atoms with Crippen molar-refractivity contribution in [2.45, 2.75) is 43.5 Å². The summed E-state index contributed by atoms with van der Waals surface area (Å²) in [6.45, 7) is 0.238. The highest BCUT2D eigenvalue weighted by Crippen LogP contribution is 2.24. The van der Waals surface area contributed by atoms with Gasteiger partial charge in [0.1, 0.15) is 0 Å².